The first-order chi connectivity index (χ1) is 14.8. The first-order valence-electron chi connectivity index (χ1n) is 10.6. The van der Waals surface area contributed by atoms with Crippen molar-refractivity contribution in [2.45, 2.75) is 59.7 Å². The van der Waals surface area contributed by atoms with Crippen molar-refractivity contribution in [1.29, 1.82) is 0 Å². The molecule has 2 aromatic rings. The predicted octanol–water partition coefficient (Wildman–Crippen LogP) is 6.12. The molecule has 0 saturated carbocycles. The lowest BCUT2D eigenvalue weighted by atomic mass is 9.92. The Morgan fingerprint density at radius 2 is 1.88 bits per heavy atom. The maximum Gasteiger partial charge on any atom is 0.443 e. The number of aryl methyl sites for hydroxylation is 2. The van der Waals surface area contributed by atoms with Gasteiger partial charge in [0.25, 0.3) is 0 Å². The highest BCUT2D eigenvalue weighted by molar-refractivity contribution is 7.09. The lowest BCUT2D eigenvalue weighted by Crippen LogP contribution is -2.26. The molecule has 9 heteroatoms. The van der Waals surface area contributed by atoms with Crippen LogP contribution in [0.15, 0.2) is 17.5 Å². The lowest BCUT2D eigenvalue weighted by Gasteiger charge is -2.25. The Kier molecular flexibility index (Phi) is 7.19. The van der Waals surface area contributed by atoms with Crippen LogP contribution in [0.3, 0.4) is 0 Å². The van der Waals surface area contributed by atoms with Crippen molar-refractivity contribution >= 4 is 28.6 Å². The van der Waals surface area contributed by atoms with Crippen LogP contribution in [0.4, 0.5) is 24.5 Å². The average molecular weight is 470 g/mol. The van der Waals surface area contributed by atoms with E-state index >= 15 is 0 Å². The van der Waals surface area contributed by atoms with Gasteiger partial charge in [-0.1, -0.05) is 20.8 Å². The lowest BCUT2D eigenvalue weighted by molar-refractivity contribution is -0.137. The van der Waals surface area contributed by atoms with Gasteiger partial charge in [-0.2, -0.15) is 13.2 Å². The summed E-state index contributed by atoms with van der Waals surface area (Å²) in [6.07, 6.45) is -3.90. The Balaban J connectivity index is 1.70. The molecule has 0 spiro atoms. The zero-order valence-corrected chi connectivity index (χ0v) is 19.9. The molecule has 0 radical (unpaired) electrons. The number of nitrogens with zero attached hydrogens (tertiary/aromatic N) is 2. The molecule has 5 nitrogen and oxygen atoms in total. The van der Waals surface area contributed by atoms with Gasteiger partial charge in [0.2, 0.25) is 5.91 Å². The zero-order valence-electron chi connectivity index (χ0n) is 19.1. The number of benzene rings is 1. The third kappa shape index (κ3) is 6.22. The Labute approximate surface area is 191 Å². The van der Waals surface area contributed by atoms with E-state index in [-0.39, 0.29) is 11.3 Å². The number of nitrogens with one attached hydrogen (secondary N) is 1. The van der Waals surface area contributed by atoms with E-state index < -0.39 is 17.3 Å². The summed E-state index contributed by atoms with van der Waals surface area (Å²) in [5.41, 5.74) is 4.03. The van der Waals surface area contributed by atoms with E-state index in [1.807, 2.05) is 46.8 Å². The molecule has 1 aliphatic heterocycles. The Bertz CT molecular complexity index is 943. The summed E-state index contributed by atoms with van der Waals surface area (Å²) in [4.78, 5) is 18.3. The van der Waals surface area contributed by atoms with Crippen molar-refractivity contribution in [3.05, 3.63) is 39.3 Å². The van der Waals surface area contributed by atoms with Gasteiger partial charge in [0.1, 0.15) is 6.10 Å². The minimum atomic E-state index is -4.43. The molecule has 3 rings (SSSR count). The van der Waals surface area contributed by atoms with Gasteiger partial charge in [-0.3, -0.25) is 4.79 Å². The fraction of sp³-hybridized carbons (Fsp3) is 0.565. The van der Waals surface area contributed by atoms with Gasteiger partial charge in [0, 0.05) is 36.3 Å². The topological polar surface area (TPSA) is 54.5 Å². The van der Waals surface area contributed by atoms with Gasteiger partial charge < -0.3 is 15.0 Å². The van der Waals surface area contributed by atoms with Crippen molar-refractivity contribution < 1.29 is 22.7 Å². The maximum atomic E-state index is 12.9. The van der Waals surface area contributed by atoms with Gasteiger partial charge in [-0.05, 0) is 48.9 Å². The molecule has 176 valence electrons. The largest absolute Gasteiger partial charge is 0.443 e. The standard InChI is InChI=1S/C23H30F3N3O2S/c1-14-10-16(11-15(2)20(14)28-19(30)12-22(3,4)5)29-7-6-18(31-9-8-29)17-13-32-21(27-17)23(24,25)26/h10-11,13,18H,6-9,12H2,1-5H3,(H,28,30)/t18-/m1/s1. The number of hydrogen-bond donors (Lipinski definition) is 1. The third-order valence-electron chi connectivity index (χ3n) is 5.27. The number of carbonyl (C=O) groups is 1. The minimum absolute atomic E-state index is 0.0102. The molecule has 0 bridgehead atoms. The van der Waals surface area contributed by atoms with E-state index in [1.54, 1.807) is 0 Å². The smallest absolute Gasteiger partial charge is 0.370 e. The first-order valence-corrected chi connectivity index (χ1v) is 11.5. The normalized spacial score (nSPS) is 17.9. The Morgan fingerprint density at radius 1 is 1.22 bits per heavy atom. The fourth-order valence-electron chi connectivity index (χ4n) is 3.81. The number of carbonyl (C=O) groups excluding carboxylic acids is 1. The van der Waals surface area contributed by atoms with E-state index in [0.29, 0.717) is 49.6 Å². The van der Waals surface area contributed by atoms with Crippen LogP contribution in [0, 0.1) is 19.3 Å². The number of anilines is 2. The second-order valence-electron chi connectivity index (χ2n) is 9.45. The molecule has 1 aromatic heterocycles. The third-order valence-corrected chi connectivity index (χ3v) is 6.18. The SMILES string of the molecule is Cc1cc(N2CCO[C@@H](c3csc(C(F)(F)F)n3)CC2)cc(C)c1NC(=O)CC(C)(C)C. The van der Waals surface area contributed by atoms with Gasteiger partial charge in [0.05, 0.1) is 12.3 Å². The number of aromatic nitrogens is 1. The number of hydrogen-bond acceptors (Lipinski definition) is 5. The van der Waals surface area contributed by atoms with Crippen LogP contribution >= 0.6 is 11.3 Å². The second-order valence-corrected chi connectivity index (χ2v) is 10.3. The van der Waals surface area contributed by atoms with Gasteiger partial charge in [-0.15, -0.1) is 11.3 Å². The van der Waals surface area contributed by atoms with E-state index in [4.69, 9.17) is 4.74 Å². The molecule has 0 unspecified atom stereocenters. The fourth-order valence-corrected chi connectivity index (χ4v) is 4.54. The van der Waals surface area contributed by atoms with Crippen LogP contribution in [0.1, 0.15) is 61.5 Å². The molecule has 0 aliphatic carbocycles. The number of alkyl halides is 3. The summed E-state index contributed by atoms with van der Waals surface area (Å²) in [6, 6.07) is 4.06. The van der Waals surface area contributed by atoms with Crippen molar-refractivity contribution in [2.75, 3.05) is 29.9 Å². The van der Waals surface area contributed by atoms with Gasteiger partial charge in [-0.25, -0.2) is 4.98 Å². The molecular formula is C23H30F3N3O2S. The van der Waals surface area contributed by atoms with Crippen molar-refractivity contribution in [2.24, 2.45) is 5.41 Å². The van der Waals surface area contributed by atoms with E-state index in [2.05, 4.69) is 15.2 Å². The van der Waals surface area contributed by atoms with Crippen LogP contribution in [0.2, 0.25) is 0 Å². The quantitative estimate of drug-likeness (QED) is 0.586. The minimum Gasteiger partial charge on any atom is -0.370 e. The monoisotopic (exact) mass is 469 g/mol. The zero-order chi connectivity index (χ0) is 23.7. The Morgan fingerprint density at radius 3 is 2.44 bits per heavy atom. The summed E-state index contributed by atoms with van der Waals surface area (Å²) in [6.45, 7) is 11.7. The van der Waals surface area contributed by atoms with Crippen molar-refractivity contribution in [1.82, 2.24) is 4.98 Å². The highest BCUT2D eigenvalue weighted by Crippen LogP contribution is 2.35. The van der Waals surface area contributed by atoms with Crippen LogP contribution in [0.25, 0.3) is 0 Å². The second kappa shape index (κ2) is 9.39. The predicted molar refractivity (Wildman–Crippen MR) is 121 cm³/mol. The molecule has 1 aromatic carbocycles. The van der Waals surface area contributed by atoms with Gasteiger partial charge >= 0.3 is 6.18 Å². The van der Waals surface area contributed by atoms with Crippen molar-refractivity contribution in [3.8, 4) is 0 Å². The van der Waals surface area contributed by atoms with Crippen LogP contribution in [0.5, 0.6) is 0 Å². The van der Waals surface area contributed by atoms with Crippen molar-refractivity contribution in [3.63, 3.8) is 0 Å². The molecule has 1 atom stereocenters. The number of halogens is 3. The number of thiazole rings is 1. The van der Waals surface area contributed by atoms with E-state index in [0.717, 1.165) is 22.5 Å². The average Bonchev–Trinajstić information content (AvgIpc) is 3.02. The summed E-state index contributed by atoms with van der Waals surface area (Å²) < 4.78 is 44.4. The molecule has 2 heterocycles. The van der Waals surface area contributed by atoms with Crippen LogP contribution in [-0.2, 0) is 15.7 Å². The number of ether oxygens (including phenoxy) is 1. The summed E-state index contributed by atoms with van der Waals surface area (Å²) in [5.74, 6) is -0.0102. The molecule has 32 heavy (non-hydrogen) atoms. The molecular weight excluding hydrogens is 439 g/mol. The highest BCUT2D eigenvalue weighted by Gasteiger charge is 2.35. The van der Waals surface area contributed by atoms with E-state index in [9.17, 15) is 18.0 Å². The summed E-state index contributed by atoms with van der Waals surface area (Å²) in [5, 5.41) is 3.64. The maximum absolute atomic E-state index is 12.9. The molecule has 1 N–H and O–H groups in total. The number of rotatable bonds is 4. The first kappa shape index (κ1) is 24.5. The van der Waals surface area contributed by atoms with Gasteiger partial charge in [0.15, 0.2) is 5.01 Å². The number of amides is 1. The Hall–Kier alpha value is -2.13. The summed E-state index contributed by atoms with van der Waals surface area (Å²) >= 11 is 0.603. The molecule has 1 amide bonds. The molecule has 1 aliphatic rings. The molecule has 1 fully saturated rings. The highest BCUT2D eigenvalue weighted by atomic mass is 32.1. The summed E-state index contributed by atoms with van der Waals surface area (Å²) in [7, 11) is 0. The van der Waals surface area contributed by atoms with Crippen LogP contribution < -0.4 is 10.2 Å². The van der Waals surface area contributed by atoms with E-state index in [1.165, 1.54) is 5.38 Å². The van der Waals surface area contributed by atoms with Crippen LogP contribution in [-0.4, -0.2) is 30.6 Å². The molecule has 1 saturated heterocycles.